The SMILES string of the molecule is C#CCC(=O)N[C@@H](CCc1ccccc1)C(=O)O. The van der Waals surface area contributed by atoms with Crippen molar-refractivity contribution < 1.29 is 14.7 Å². The Balaban J connectivity index is 2.51. The van der Waals surface area contributed by atoms with E-state index in [1.807, 2.05) is 30.3 Å². The summed E-state index contributed by atoms with van der Waals surface area (Å²) in [5.41, 5.74) is 1.04. The molecule has 94 valence electrons. The van der Waals surface area contributed by atoms with Gasteiger partial charge in [-0.2, -0.15) is 0 Å². The smallest absolute Gasteiger partial charge is 0.326 e. The molecule has 0 fully saturated rings. The number of rotatable bonds is 6. The first-order valence-corrected chi connectivity index (χ1v) is 5.63. The largest absolute Gasteiger partial charge is 0.480 e. The first kappa shape index (κ1) is 13.8. The van der Waals surface area contributed by atoms with E-state index in [1.165, 1.54) is 0 Å². The van der Waals surface area contributed by atoms with E-state index in [9.17, 15) is 9.59 Å². The molecule has 0 saturated heterocycles. The van der Waals surface area contributed by atoms with Crippen molar-refractivity contribution in [2.45, 2.75) is 25.3 Å². The van der Waals surface area contributed by atoms with Gasteiger partial charge in [-0.3, -0.25) is 4.79 Å². The number of aryl methyl sites for hydroxylation is 1. The molecule has 0 spiro atoms. The molecular formula is C14H15NO3. The zero-order valence-electron chi connectivity index (χ0n) is 9.93. The van der Waals surface area contributed by atoms with E-state index in [4.69, 9.17) is 11.5 Å². The Morgan fingerprint density at radius 3 is 2.56 bits per heavy atom. The van der Waals surface area contributed by atoms with Gasteiger partial charge in [-0.1, -0.05) is 36.3 Å². The molecule has 0 aliphatic heterocycles. The van der Waals surface area contributed by atoms with E-state index in [0.717, 1.165) is 5.56 Å². The van der Waals surface area contributed by atoms with Gasteiger partial charge in [-0.15, -0.1) is 6.42 Å². The second kappa shape index (κ2) is 7.13. The number of amides is 1. The van der Waals surface area contributed by atoms with Crippen LogP contribution in [0.4, 0.5) is 0 Å². The quantitative estimate of drug-likeness (QED) is 0.740. The van der Waals surface area contributed by atoms with Crippen LogP contribution < -0.4 is 5.32 Å². The number of benzene rings is 1. The van der Waals surface area contributed by atoms with Crippen molar-refractivity contribution in [1.29, 1.82) is 0 Å². The van der Waals surface area contributed by atoms with Crippen molar-refractivity contribution in [1.82, 2.24) is 5.32 Å². The third kappa shape index (κ3) is 4.71. The maximum atomic E-state index is 11.3. The molecule has 0 aliphatic carbocycles. The van der Waals surface area contributed by atoms with Crippen molar-refractivity contribution in [3.8, 4) is 12.3 Å². The summed E-state index contributed by atoms with van der Waals surface area (Å²) in [6.45, 7) is 0. The molecule has 0 bridgehead atoms. The Labute approximate surface area is 106 Å². The predicted molar refractivity (Wildman–Crippen MR) is 67.8 cm³/mol. The topological polar surface area (TPSA) is 66.4 Å². The van der Waals surface area contributed by atoms with E-state index in [0.29, 0.717) is 12.8 Å². The summed E-state index contributed by atoms with van der Waals surface area (Å²) >= 11 is 0. The zero-order valence-corrected chi connectivity index (χ0v) is 9.93. The molecule has 0 saturated carbocycles. The highest BCUT2D eigenvalue weighted by Gasteiger charge is 2.18. The van der Waals surface area contributed by atoms with Gasteiger partial charge in [-0.25, -0.2) is 4.79 Å². The number of carboxylic acids is 1. The maximum Gasteiger partial charge on any atom is 0.326 e. The van der Waals surface area contributed by atoms with Crippen LogP contribution in [0.3, 0.4) is 0 Å². The van der Waals surface area contributed by atoms with Crippen LogP contribution >= 0.6 is 0 Å². The molecule has 0 unspecified atom stereocenters. The summed E-state index contributed by atoms with van der Waals surface area (Å²) < 4.78 is 0. The molecule has 4 nitrogen and oxygen atoms in total. The maximum absolute atomic E-state index is 11.3. The molecule has 2 N–H and O–H groups in total. The van der Waals surface area contributed by atoms with Gasteiger partial charge in [0.25, 0.3) is 0 Å². The van der Waals surface area contributed by atoms with Crippen molar-refractivity contribution in [3.05, 3.63) is 35.9 Å². The summed E-state index contributed by atoms with van der Waals surface area (Å²) in [6.07, 6.45) is 5.82. The van der Waals surface area contributed by atoms with Crippen LogP contribution in [0.1, 0.15) is 18.4 Å². The van der Waals surface area contributed by atoms with Gasteiger partial charge in [0.2, 0.25) is 5.91 Å². The highest BCUT2D eigenvalue weighted by Crippen LogP contribution is 2.05. The van der Waals surface area contributed by atoms with Gasteiger partial charge in [0, 0.05) is 0 Å². The lowest BCUT2D eigenvalue weighted by atomic mass is 10.1. The van der Waals surface area contributed by atoms with E-state index in [1.54, 1.807) is 0 Å². The number of terminal acetylenes is 1. The van der Waals surface area contributed by atoms with Crippen molar-refractivity contribution in [2.24, 2.45) is 0 Å². The molecule has 1 amide bonds. The first-order chi connectivity index (χ1) is 8.63. The Morgan fingerprint density at radius 1 is 1.33 bits per heavy atom. The van der Waals surface area contributed by atoms with E-state index in [-0.39, 0.29) is 6.42 Å². The minimum absolute atomic E-state index is 0.102. The lowest BCUT2D eigenvalue weighted by Gasteiger charge is -2.13. The monoisotopic (exact) mass is 245 g/mol. The zero-order chi connectivity index (χ0) is 13.4. The Morgan fingerprint density at radius 2 is 2.00 bits per heavy atom. The van der Waals surface area contributed by atoms with Crippen molar-refractivity contribution in [3.63, 3.8) is 0 Å². The summed E-state index contributed by atoms with van der Waals surface area (Å²) in [6, 6.07) is 8.62. The molecule has 4 heteroatoms. The lowest BCUT2D eigenvalue weighted by Crippen LogP contribution is -2.40. The standard InChI is InChI=1S/C14H15NO3/c1-2-6-13(16)15-12(14(17)18)10-9-11-7-4-3-5-8-11/h1,3-5,7-8,12H,6,9-10H2,(H,15,16)(H,17,18)/t12-/m0/s1. The fourth-order valence-corrected chi connectivity index (χ4v) is 1.55. The van der Waals surface area contributed by atoms with Gasteiger partial charge in [0.1, 0.15) is 6.04 Å². The molecule has 1 rings (SSSR count). The van der Waals surface area contributed by atoms with Crippen LogP contribution in [-0.2, 0) is 16.0 Å². The predicted octanol–water partition coefficient (Wildman–Crippen LogP) is 1.21. The molecule has 18 heavy (non-hydrogen) atoms. The first-order valence-electron chi connectivity index (χ1n) is 5.63. The van der Waals surface area contributed by atoms with Crippen LogP contribution in [0.15, 0.2) is 30.3 Å². The van der Waals surface area contributed by atoms with Crippen LogP contribution in [0, 0.1) is 12.3 Å². The average molecular weight is 245 g/mol. The highest BCUT2D eigenvalue weighted by molar-refractivity contribution is 5.84. The number of hydrogen-bond donors (Lipinski definition) is 2. The van der Waals surface area contributed by atoms with Gasteiger partial charge >= 0.3 is 5.97 Å². The second-order valence-corrected chi connectivity index (χ2v) is 3.86. The summed E-state index contributed by atoms with van der Waals surface area (Å²) in [5.74, 6) is 0.703. The molecule has 1 aromatic rings. The van der Waals surface area contributed by atoms with Crippen molar-refractivity contribution >= 4 is 11.9 Å². The molecule has 0 heterocycles. The van der Waals surface area contributed by atoms with Gasteiger partial charge < -0.3 is 10.4 Å². The van der Waals surface area contributed by atoms with Crippen LogP contribution in [-0.4, -0.2) is 23.0 Å². The van der Waals surface area contributed by atoms with Gasteiger partial charge in [-0.05, 0) is 18.4 Å². The number of carboxylic acid groups (broad SMARTS) is 1. The summed E-state index contributed by atoms with van der Waals surface area (Å²) in [5, 5.41) is 11.4. The Kier molecular flexibility index (Phi) is 5.46. The van der Waals surface area contributed by atoms with E-state index < -0.39 is 17.9 Å². The lowest BCUT2D eigenvalue weighted by molar-refractivity contribution is -0.141. The Hall–Kier alpha value is -2.28. The number of nitrogens with one attached hydrogen (secondary N) is 1. The normalized spacial score (nSPS) is 11.3. The molecule has 0 aromatic heterocycles. The molecule has 0 aliphatic rings. The second-order valence-electron chi connectivity index (χ2n) is 3.86. The molecule has 1 aromatic carbocycles. The van der Waals surface area contributed by atoms with Gasteiger partial charge in [0.05, 0.1) is 6.42 Å². The Bertz CT molecular complexity index is 448. The summed E-state index contributed by atoms with van der Waals surface area (Å²) in [4.78, 5) is 22.2. The fraction of sp³-hybridized carbons (Fsp3) is 0.286. The van der Waals surface area contributed by atoms with Crippen LogP contribution in [0.25, 0.3) is 0 Å². The van der Waals surface area contributed by atoms with E-state index in [2.05, 4.69) is 11.2 Å². The number of carbonyl (C=O) groups excluding carboxylic acids is 1. The minimum atomic E-state index is -1.05. The minimum Gasteiger partial charge on any atom is -0.480 e. The average Bonchev–Trinajstić information content (AvgIpc) is 2.35. The van der Waals surface area contributed by atoms with Crippen molar-refractivity contribution in [2.75, 3.05) is 0 Å². The molecular weight excluding hydrogens is 230 g/mol. The van der Waals surface area contributed by atoms with Gasteiger partial charge in [0.15, 0.2) is 0 Å². The third-order valence-electron chi connectivity index (χ3n) is 2.46. The van der Waals surface area contributed by atoms with Crippen LogP contribution in [0.5, 0.6) is 0 Å². The highest BCUT2D eigenvalue weighted by atomic mass is 16.4. The fourth-order valence-electron chi connectivity index (χ4n) is 1.55. The number of hydrogen-bond acceptors (Lipinski definition) is 2. The van der Waals surface area contributed by atoms with Crippen LogP contribution in [0.2, 0.25) is 0 Å². The number of carbonyl (C=O) groups is 2. The molecule has 0 radical (unpaired) electrons. The van der Waals surface area contributed by atoms with E-state index >= 15 is 0 Å². The number of aliphatic carboxylic acids is 1. The summed E-state index contributed by atoms with van der Waals surface area (Å²) in [7, 11) is 0. The third-order valence-corrected chi connectivity index (χ3v) is 2.46. The molecule has 1 atom stereocenters.